The number of carbonyl (C=O) groups excluding carboxylic acids is 1. The Morgan fingerprint density at radius 1 is 1.24 bits per heavy atom. The second kappa shape index (κ2) is 6.56. The molecule has 1 aliphatic heterocycles. The number of amides is 1. The number of rotatable bonds is 4. The van der Waals surface area contributed by atoms with E-state index in [1.165, 1.54) is 11.6 Å². The first-order valence-electron chi connectivity index (χ1n) is 8.42. The smallest absolute Gasteiger partial charge is 0.210 e. The van der Waals surface area contributed by atoms with Crippen molar-refractivity contribution in [1.29, 1.82) is 0 Å². The van der Waals surface area contributed by atoms with Gasteiger partial charge in [0.15, 0.2) is 0 Å². The Kier molecular flexibility index (Phi) is 4.25. The van der Waals surface area contributed by atoms with Crippen LogP contribution < -0.4 is 0 Å². The fourth-order valence-corrected chi connectivity index (χ4v) is 4.54. The van der Waals surface area contributed by atoms with Crippen molar-refractivity contribution in [2.45, 2.75) is 35.6 Å². The lowest BCUT2D eigenvalue weighted by Crippen LogP contribution is -2.21. The Hall–Kier alpha value is -2.27. The van der Waals surface area contributed by atoms with Crippen LogP contribution in [0.15, 0.2) is 52.3 Å². The Morgan fingerprint density at radius 3 is 2.80 bits per heavy atom. The maximum atomic E-state index is 13.8. The number of H-pyrrole nitrogens is 1. The molecule has 1 unspecified atom stereocenters. The van der Waals surface area contributed by atoms with Gasteiger partial charge in [-0.2, -0.15) is 0 Å². The van der Waals surface area contributed by atoms with E-state index in [0.717, 1.165) is 52.2 Å². The fourth-order valence-electron chi connectivity index (χ4n) is 3.45. The number of aromatic amines is 1. The molecule has 2 aromatic carbocycles. The van der Waals surface area contributed by atoms with E-state index in [0.29, 0.717) is 0 Å². The van der Waals surface area contributed by atoms with E-state index in [1.807, 2.05) is 4.90 Å². The number of carbonyl (C=O) groups is 1. The van der Waals surface area contributed by atoms with Gasteiger partial charge >= 0.3 is 0 Å². The van der Waals surface area contributed by atoms with Gasteiger partial charge in [0.2, 0.25) is 6.41 Å². The lowest BCUT2D eigenvalue weighted by molar-refractivity contribution is -0.119. The Labute approximate surface area is 150 Å². The average molecular weight is 354 g/mol. The molecule has 3 aromatic rings. The molecule has 1 aromatic heterocycles. The van der Waals surface area contributed by atoms with E-state index < -0.39 is 0 Å². The molecule has 3 nitrogen and oxygen atoms in total. The number of benzene rings is 2. The van der Waals surface area contributed by atoms with E-state index in [-0.39, 0.29) is 11.9 Å². The van der Waals surface area contributed by atoms with E-state index in [4.69, 9.17) is 0 Å². The molecule has 0 spiro atoms. The third-order valence-corrected chi connectivity index (χ3v) is 5.90. The zero-order valence-corrected chi connectivity index (χ0v) is 14.8. The van der Waals surface area contributed by atoms with Crippen molar-refractivity contribution in [3.05, 3.63) is 59.5 Å². The molecule has 4 rings (SSSR count). The molecule has 5 heteroatoms. The van der Waals surface area contributed by atoms with Crippen LogP contribution in [-0.4, -0.2) is 22.8 Å². The van der Waals surface area contributed by atoms with Crippen molar-refractivity contribution in [1.82, 2.24) is 9.88 Å². The van der Waals surface area contributed by atoms with Gasteiger partial charge < -0.3 is 9.88 Å². The first kappa shape index (κ1) is 16.2. The predicted molar refractivity (Wildman–Crippen MR) is 98.3 cm³/mol. The van der Waals surface area contributed by atoms with Crippen molar-refractivity contribution < 1.29 is 9.18 Å². The summed E-state index contributed by atoms with van der Waals surface area (Å²) in [6.07, 6.45) is 2.83. The molecule has 1 N–H and O–H groups in total. The van der Waals surface area contributed by atoms with E-state index in [1.54, 1.807) is 23.9 Å². The number of fused-ring (bicyclic) bond motifs is 1. The fraction of sp³-hybridized carbons (Fsp3) is 0.250. The van der Waals surface area contributed by atoms with Crippen LogP contribution in [0.2, 0.25) is 0 Å². The number of aryl methyl sites for hydroxylation is 1. The average Bonchev–Trinajstić information content (AvgIpc) is 3.21. The summed E-state index contributed by atoms with van der Waals surface area (Å²) < 4.78 is 13.8. The molecule has 0 bridgehead atoms. The zero-order valence-electron chi connectivity index (χ0n) is 14.0. The van der Waals surface area contributed by atoms with Crippen molar-refractivity contribution in [2.24, 2.45) is 0 Å². The maximum Gasteiger partial charge on any atom is 0.210 e. The van der Waals surface area contributed by atoms with Crippen LogP contribution in [0.25, 0.3) is 10.9 Å². The van der Waals surface area contributed by atoms with Crippen molar-refractivity contribution in [3.8, 4) is 0 Å². The molecule has 1 amide bonds. The van der Waals surface area contributed by atoms with Gasteiger partial charge in [-0.25, -0.2) is 4.39 Å². The van der Waals surface area contributed by atoms with Crippen LogP contribution in [0.1, 0.15) is 30.1 Å². The van der Waals surface area contributed by atoms with Gasteiger partial charge in [0, 0.05) is 27.2 Å². The molecular weight excluding hydrogens is 335 g/mol. The van der Waals surface area contributed by atoms with Crippen LogP contribution in [0, 0.1) is 12.7 Å². The lowest BCUT2D eigenvalue weighted by atomic mass is 10.1. The highest BCUT2D eigenvalue weighted by Gasteiger charge is 2.29. The first-order chi connectivity index (χ1) is 12.2. The summed E-state index contributed by atoms with van der Waals surface area (Å²) in [5, 5.41) is 0.873. The number of halogens is 1. The molecule has 1 atom stereocenters. The minimum atomic E-state index is -0.248. The van der Waals surface area contributed by atoms with Gasteiger partial charge in [-0.1, -0.05) is 29.5 Å². The molecular formula is C20H19FN2OS. The summed E-state index contributed by atoms with van der Waals surface area (Å²) >= 11 is 1.63. The SMILES string of the molecule is Cc1ccc(Sc2c(C3CCCN3C=O)[nH]c3ccc(F)cc23)cc1. The molecule has 1 aliphatic rings. The molecule has 0 aliphatic carbocycles. The molecule has 0 radical (unpaired) electrons. The Bertz CT molecular complexity index is 919. The van der Waals surface area contributed by atoms with Crippen molar-refractivity contribution in [3.63, 3.8) is 0 Å². The highest BCUT2D eigenvalue weighted by Crippen LogP contribution is 2.43. The molecule has 1 saturated heterocycles. The summed E-state index contributed by atoms with van der Waals surface area (Å²) in [5.74, 6) is -0.248. The number of nitrogens with zero attached hydrogens (tertiary/aromatic N) is 1. The summed E-state index contributed by atoms with van der Waals surface area (Å²) in [4.78, 5) is 18.8. The standard InChI is InChI=1S/C20H19FN2OS/c1-13-4-7-15(8-5-13)25-20-16-11-14(21)6-9-17(16)22-19(20)18-3-2-10-23(18)12-24/h4-9,11-12,18,22H,2-3,10H2,1H3. The quantitative estimate of drug-likeness (QED) is 0.665. The van der Waals surface area contributed by atoms with Crippen LogP contribution in [0.3, 0.4) is 0 Å². The van der Waals surface area contributed by atoms with Crippen molar-refractivity contribution >= 4 is 29.1 Å². The Morgan fingerprint density at radius 2 is 2.04 bits per heavy atom. The maximum absolute atomic E-state index is 13.8. The van der Waals surface area contributed by atoms with Gasteiger partial charge in [-0.05, 0) is 50.1 Å². The minimum absolute atomic E-state index is 0.0286. The van der Waals surface area contributed by atoms with Crippen LogP contribution in [0.4, 0.5) is 4.39 Å². The third-order valence-electron chi connectivity index (χ3n) is 4.74. The highest BCUT2D eigenvalue weighted by atomic mass is 32.2. The number of likely N-dealkylation sites (tertiary alicyclic amines) is 1. The van der Waals surface area contributed by atoms with Gasteiger partial charge in [-0.3, -0.25) is 4.79 Å². The van der Waals surface area contributed by atoms with Gasteiger partial charge in [0.25, 0.3) is 0 Å². The second-order valence-corrected chi connectivity index (χ2v) is 7.56. The number of hydrogen-bond donors (Lipinski definition) is 1. The van der Waals surface area contributed by atoms with Gasteiger partial charge in [0.05, 0.1) is 11.7 Å². The molecule has 128 valence electrons. The van der Waals surface area contributed by atoms with E-state index >= 15 is 0 Å². The first-order valence-corrected chi connectivity index (χ1v) is 9.24. The molecule has 25 heavy (non-hydrogen) atoms. The van der Waals surface area contributed by atoms with E-state index in [2.05, 4.69) is 36.2 Å². The lowest BCUT2D eigenvalue weighted by Gasteiger charge is -2.20. The molecule has 2 heterocycles. The van der Waals surface area contributed by atoms with Crippen molar-refractivity contribution in [2.75, 3.05) is 6.54 Å². The summed E-state index contributed by atoms with van der Waals surface area (Å²) in [7, 11) is 0. The molecule has 1 fully saturated rings. The van der Waals surface area contributed by atoms with Crippen LogP contribution >= 0.6 is 11.8 Å². The largest absolute Gasteiger partial charge is 0.356 e. The van der Waals surface area contributed by atoms with Gasteiger partial charge in [-0.15, -0.1) is 0 Å². The van der Waals surface area contributed by atoms with Crippen LogP contribution in [0.5, 0.6) is 0 Å². The summed E-state index contributed by atoms with van der Waals surface area (Å²) in [6.45, 7) is 2.83. The number of nitrogens with one attached hydrogen (secondary N) is 1. The number of hydrogen-bond acceptors (Lipinski definition) is 2. The topological polar surface area (TPSA) is 36.1 Å². The second-order valence-electron chi connectivity index (χ2n) is 6.47. The zero-order chi connectivity index (χ0) is 17.4. The Balaban J connectivity index is 1.83. The summed E-state index contributed by atoms with van der Waals surface area (Å²) in [6, 6.07) is 13.1. The minimum Gasteiger partial charge on any atom is -0.356 e. The number of aromatic nitrogens is 1. The third kappa shape index (κ3) is 3.04. The van der Waals surface area contributed by atoms with E-state index in [9.17, 15) is 9.18 Å². The summed E-state index contributed by atoms with van der Waals surface area (Å²) in [5.41, 5.74) is 3.12. The highest BCUT2D eigenvalue weighted by molar-refractivity contribution is 7.99. The normalized spacial score (nSPS) is 17.4. The van der Waals surface area contributed by atoms with Crippen LogP contribution in [-0.2, 0) is 4.79 Å². The monoisotopic (exact) mass is 354 g/mol. The molecule has 0 saturated carbocycles. The van der Waals surface area contributed by atoms with Gasteiger partial charge in [0.1, 0.15) is 5.82 Å². The predicted octanol–water partition coefficient (Wildman–Crippen LogP) is 5.06.